The number of amides is 1. The molecule has 1 amide bonds. The Hall–Kier alpha value is -1.73. The number of hydrogen-bond donors (Lipinski definition) is 1. The SMILES string of the molecule is Cc1nc2sc3c(c2c(=O)n1CC(=O)NCC1CCCO1)CCC(C)C3. The summed E-state index contributed by atoms with van der Waals surface area (Å²) in [4.78, 5) is 32.2. The van der Waals surface area contributed by atoms with Crippen molar-refractivity contribution in [1.82, 2.24) is 14.9 Å². The first-order valence-electron chi connectivity index (χ1n) is 9.43. The molecule has 0 radical (unpaired) electrons. The third-order valence-electron chi connectivity index (χ3n) is 5.46. The summed E-state index contributed by atoms with van der Waals surface area (Å²) >= 11 is 1.64. The van der Waals surface area contributed by atoms with E-state index in [1.807, 2.05) is 0 Å². The minimum atomic E-state index is -0.162. The molecule has 2 aliphatic rings. The third-order valence-corrected chi connectivity index (χ3v) is 6.61. The average Bonchev–Trinajstić information content (AvgIpc) is 3.23. The van der Waals surface area contributed by atoms with Crippen LogP contribution in [0.2, 0.25) is 0 Å². The Kier molecular flexibility index (Phi) is 4.84. The maximum Gasteiger partial charge on any atom is 0.263 e. The van der Waals surface area contributed by atoms with Gasteiger partial charge in [0.15, 0.2) is 0 Å². The summed E-state index contributed by atoms with van der Waals surface area (Å²) in [6.45, 7) is 5.34. The quantitative estimate of drug-likeness (QED) is 0.889. The maximum absolute atomic E-state index is 13.1. The Labute approximate surface area is 156 Å². The number of hydrogen-bond acceptors (Lipinski definition) is 5. The summed E-state index contributed by atoms with van der Waals surface area (Å²) in [7, 11) is 0. The lowest BCUT2D eigenvalue weighted by molar-refractivity contribution is -0.122. The summed E-state index contributed by atoms with van der Waals surface area (Å²) in [6, 6.07) is 0. The Morgan fingerprint density at radius 2 is 2.27 bits per heavy atom. The van der Waals surface area contributed by atoms with E-state index in [-0.39, 0.29) is 24.1 Å². The molecule has 0 aromatic carbocycles. The summed E-state index contributed by atoms with van der Waals surface area (Å²) < 4.78 is 7.04. The zero-order valence-corrected chi connectivity index (χ0v) is 16.2. The molecule has 1 aliphatic heterocycles. The molecule has 2 aromatic rings. The van der Waals surface area contributed by atoms with E-state index in [9.17, 15) is 9.59 Å². The van der Waals surface area contributed by atoms with Crippen LogP contribution < -0.4 is 10.9 Å². The van der Waals surface area contributed by atoms with E-state index < -0.39 is 0 Å². The molecular weight excluding hydrogens is 350 g/mol. The fourth-order valence-corrected chi connectivity index (χ4v) is 5.36. The summed E-state index contributed by atoms with van der Waals surface area (Å²) in [5, 5.41) is 3.62. The van der Waals surface area contributed by atoms with Crippen molar-refractivity contribution in [2.24, 2.45) is 5.92 Å². The first kappa shape index (κ1) is 17.7. The van der Waals surface area contributed by atoms with Crippen LogP contribution in [0.5, 0.6) is 0 Å². The van der Waals surface area contributed by atoms with Crippen LogP contribution in [-0.2, 0) is 28.9 Å². The minimum absolute atomic E-state index is 0.0152. The second-order valence-corrected chi connectivity index (χ2v) is 8.60. The van der Waals surface area contributed by atoms with Crippen LogP contribution in [0.1, 0.15) is 42.5 Å². The summed E-state index contributed by atoms with van der Waals surface area (Å²) in [5.74, 6) is 1.09. The van der Waals surface area contributed by atoms with Crippen molar-refractivity contribution in [3.05, 3.63) is 26.6 Å². The summed E-state index contributed by atoms with van der Waals surface area (Å²) in [6.07, 6.45) is 5.18. The van der Waals surface area contributed by atoms with Crippen molar-refractivity contribution >= 4 is 27.5 Å². The molecule has 2 atom stereocenters. The van der Waals surface area contributed by atoms with Gasteiger partial charge in [0.05, 0.1) is 11.5 Å². The first-order chi connectivity index (χ1) is 12.5. The highest BCUT2D eigenvalue weighted by Crippen LogP contribution is 2.35. The van der Waals surface area contributed by atoms with E-state index in [4.69, 9.17) is 4.74 Å². The number of rotatable bonds is 4. The molecule has 7 heteroatoms. The Morgan fingerprint density at radius 3 is 3.04 bits per heavy atom. The molecular formula is C19H25N3O3S. The van der Waals surface area contributed by atoms with E-state index in [1.165, 1.54) is 9.44 Å². The van der Waals surface area contributed by atoms with Crippen molar-refractivity contribution in [2.75, 3.05) is 13.2 Å². The number of ether oxygens (including phenoxy) is 1. The highest BCUT2D eigenvalue weighted by Gasteiger charge is 2.24. The van der Waals surface area contributed by atoms with E-state index in [2.05, 4.69) is 17.2 Å². The van der Waals surface area contributed by atoms with Gasteiger partial charge in [0, 0.05) is 18.0 Å². The Balaban J connectivity index is 1.58. The smallest absolute Gasteiger partial charge is 0.263 e. The molecule has 6 nitrogen and oxygen atoms in total. The monoisotopic (exact) mass is 375 g/mol. The molecule has 1 saturated heterocycles. The van der Waals surface area contributed by atoms with Gasteiger partial charge in [-0.1, -0.05) is 6.92 Å². The Morgan fingerprint density at radius 1 is 1.42 bits per heavy atom. The number of fused-ring (bicyclic) bond motifs is 3. The molecule has 2 aromatic heterocycles. The van der Waals surface area contributed by atoms with Crippen molar-refractivity contribution in [2.45, 2.75) is 58.6 Å². The van der Waals surface area contributed by atoms with E-state index in [0.29, 0.717) is 18.3 Å². The number of carbonyl (C=O) groups is 1. The Bertz CT molecular complexity index is 896. The lowest BCUT2D eigenvalue weighted by Gasteiger charge is -2.17. The molecule has 1 fully saturated rings. The van der Waals surface area contributed by atoms with Crippen molar-refractivity contribution in [3.8, 4) is 0 Å². The van der Waals surface area contributed by atoms with Gasteiger partial charge in [-0.2, -0.15) is 0 Å². The van der Waals surface area contributed by atoms with Crippen molar-refractivity contribution in [1.29, 1.82) is 0 Å². The van der Waals surface area contributed by atoms with Gasteiger partial charge >= 0.3 is 0 Å². The number of carbonyl (C=O) groups excluding carboxylic acids is 1. The van der Waals surface area contributed by atoms with Crippen LogP contribution in [-0.4, -0.2) is 34.7 Å². The average molecular weight is 375 g/mol. The van der Waals surface area contributed by atoms with Crippen LogP contribution in [0.15, 0.2) is 4.79 Å². The van der Waals surface area contributed by atoms with E-state index in [0.717, 1.165) is 54.5 Å². The van der Waals surface area contributed by atoms with Crippen LogP contribution >= 0.6 is 11.3 Å². The molecule has 3 heterocycles. The number of aromatic nitrogens is 2. The zero-order valence-electron chi connectivity index (χ0n) is 15.3. The van der Waals surface area contributed by atoms with Crippen LogP contribution in [0.25, 0.3) is 10.2 Å². The molecule has 2 unspecified atom stereocenters. The number of aryl methyl sites for hydroxylation is 2. The van der Waals surface area contributed by atoms with Crippen LogP contribution in [0.4, 0.5) is 0 Å². The van der Waals surface area contributed by atoms with Gasteiger partial charge < -0.3 is 10.1 Å². The van der Waals surface area contributed by atoms with Crippen molar-refractivity contribution < 1.29 is 9.53 Å². The van der Waals surface area contributed by atoms with Gasteiger partial charge in [-0.3, -0.25) is 14.2 Å². The van der Waals surface area contributed by atoms with E-state index >= 15 is 0 Å². The highest BCUT2D eigenvalue weighted by molar-refractivity contribution is 7.18. The van der Waals surface area contributed by atoms with E-state index in [1.54, 1.807) is 18.3 Å². The molecule has 140 valence electrons. The molecule has 0 spiro atoms. The predicted octanol–water partition coefficient (Wildman–Crippen LogP) is 2.19. The molecule has 1 N–H and O–H groups in total. The summed E-state index contributed by atoms with van der Waals surface area (Å²) in [5.41, 5.74) is 1.08. The second-order valence-electron chi connectivity index (χ2n) is 7.52. The second kappa shape index (κ2) is 7.12. The molecule has 0 bridgehead atoms. The number of nitrogens with zero attached hydrogens (tertiary/aromatic N) is 2. The topological polar surface area (TPSA) is 73.2 Å². The van der Waals surface area contributed by atoms with Gasteiger partial charge in [0.25, 0.3) is 5.56 Å². The van der Waals surface area contributed by atoms with Crippen molar-refractivity contribution in [3.63, 3.8) is 0 Å². The number of thiophene rings is 1. The zero-order chi connectivity index (χ0) is 18.3. The highest BCUT2D eigenvalue weighted by atomic mass is 32.1. The minimum Gasteiger partial charge on any atom is -0.376 e. The lowest BCUT2D eigenvalue weighted by Crippen LogP contribution is -2.37. The first-order valence-corrected chi connectivity index (χ1v) is 10.2. The third kappa shape index (κ3) is 3.30. The molecule has 1 aliphatic carbocycles. The molecule has 0 saturated carbocycles. The fourth-order valence-electron chi connectivity index (χ4n) is 3.94. The normalized spacial score (nSPS) is 22.5. The standard InChI is InChI=1S/C19H25N3O3S/c1-11-5-6-14-15(8-11)26-18-17(14)19(24)22(12(2)21-18)10-16(23)20-9-13-4-3-7-25-13/h11,13H,3-10H2,1-2H3,(H,20,23). The molecule has 4 rings (SSSR count). The van der Waals surface area contributed by atoms with Crippen LogP contribution in [0, 0.1) is 12.8 Å². The fraction of sp³-hybridized carbons (Fsp3) is 0.632. The van der Waals surface area contributed by atoms with Gasteiger partial charge in [-0.05, 0) is 50.5 Å². The lowest BCUT2D eigenvalue weighted by atomic mass is 9.89. The van der Waals surface area contributed by atoms with Gasteiger partial charge in [0.2, 0.25) is 5.91 Å². The number of nitrogens with one attached hydrogen (secondary N) is 1. The van der Waals surface area contributed by atoms with Crippen LogP contribution in [0.3, 0.4) is 0 Å². The van der Waals surface area contributed by atoms with Gasteiger partial charge in [0.1, 0.15) is 17.2 Å². The predicted molar refractivity (Wildman–Crippen MR) is 102 cm³/mol. The largest absolute Gasteiger partial charge is 0.376 e. The van der Waals surface area contributed by atoms with Gasteiger partial charge in [-0.15, -0.1) is 11.3 Å². The van der Waals surface area contributed by atoms with Gasteiger partial charge in [-0.25, -0.2) is 4.98 Å². The maximum atomic E-state index is 13.1. The molecule has 26 heavy (non-hydrogen) atoms.